The van der Waals surface area contributed by atoms with Crippen LogP contribution in [0.4, 0.5) is 13.6 Å². The third-order valence-corrected chi connectivity index (χ3v) is 4.67. The van der Waals surface area contributed by atoms with Gasteiger partial charge in [0.1, 0.15) is 0 Å². The molecule has 5 nitrogen and oxygen atoms in total. The molecule has 126 valence electrons. The molecule has 1 aliphatic carbocycles. The second-order valence-corrected chi connectivity index (χ2v) is 6.77. The fourth-order valence-corrected chi connectivity index (χ4v) is 3.34. The molecule has 2 rings (SSSR count). The highest BCUT2D eigenvalue weighted by atomic mass is 19.3. The number of halogens is 2. The monoisotopic (exact) mass is 318 g/mol. The first-order valence-corrected chi connectivity index (χ1v) is 7.90. The zero-order valence-electron chi connectivity index (χ0n) is 12.9. The minimum absolute atomic E-state index is 0.0843. The number of piperidine rings is 1. The molecule has 7 heteroatoms. The lowest BCUT2D eigenvalue weighted by molar-refractivity contribution is -0.143. The number of carbonyl (C=O) groups is 2. The molecule has 0 bridgehead atoms. The number of carboxylic acids is 1. The number of aliphatic carboxylic acids is 1. The minimum atomic E-state index is -2.56. The summed E-state index contributed by atoms with van der Waals surface area (Å²) in [7, 11) is 0. The molecule has 2 unspecified atom stereocenters. The summed E-state index contributed by atoms with van der Waals surface area (Å²) < 4.78 is 26.2. The topological polar surface area (TPSA) is 69.6 Å². The maximum absolute atomic E-state index is 13.1. The molecule has 1 aliphatic heterocycles. The molecule has 1 saturated carbocycles. The van der Waals surface area contributed by atoms with Gasteiger partial charge >= 0.3 is 12.0 Å². The van der Waals surface area contributed by atoms with Crippen molar-refractivity contribution >= 4 is 12.0 Å². The molecule has 2 fully saturated rings. The molecule has 2 aliphatic rings. The predicted molar refractivity (Wildman–Crippen MR) is 76.8 cm³/mol. The van der Waals surface area contributed by atoms with Crippen LogP contribution in [-0.2, 0) is 4.79 Å². The average Bonchev–Trinajstić information content (AvgIpc) is 2.45. The molecule has 22 heavy (non-hydrogen) atoms. The van der Waals surface area contributed by atoms with Crippen LogP contribution in [0.3, 0.4) is 0 Å². The summed E-state index contributed by atoms with van der Waals surface area (Å²) in [6.07, 6.45) is 1.18. The van der Waals surface area contributed by atoms with Crippen LogP contribution in [0.25, 0.3) is 0 Å². The van der Waals surface area contributed by atoms with Crippen molar-refractivity contribution in [1.82, 2.24) is 10.2 Å². The number of carboxylic acid groups (broad SMARTS) is 1. The lowest BCUT2D eigenvalue weighted by Gasteiger charge is -2.35. The number of hydrogen-bond acceptors (Lipinski definition) is 2. The lowest BCUT2D eigenvalue weighted by Crippen LogP contribution is -2.50. The van der Waals surface area contributed by atoms with Crippen molar-refractivity contribution in [2.75, 3.05) is 19.6 Å². The summed E-state index contributed by atoms with van der Waals surface area (Å²) in [5, 5.41) is 11.9. The molecular weight excluding hydrogens is 294 g/mol. The van der Waals surface area contributed by atoms with E-state index in [0.29, 0.717) is 32.4 Å². The van der Waals surface area contributed by atoms with E-state index in [2.05, 4.69) is 5.32 Å². The van der Waals surface area contributed by atoms with Crippen LogP contribution in [0, 0.1) is 17.8 Å². The minimum Gasteiger partial charge on any atom is -0.481 e. The Bertz CT molecular complexity index is 421. The predicted octanol–water partition coefficient (Wildman–Crippen LogP) is 2.56. The molecule has 0 spiro atoms. The van der Waals surface area contributed by atoms with Gasteiger partial charge in [-0.15, -0.1) is 0 Å². The summed E-state index contributed by atoms with van der Waals surface area (Å²) in [6.45, 7) is 3.07. The normalized spacial score (nSPS) is 29.1. The smallest absolute Gasteiger partial charge is 0.317 e. The highest BCUT2D eigenvalue weighted by Crippen LogP contribution is 2.35. The van der Waals surface area contributed by atoms with E-state index in [1.54, 1.807) is 0 Å². The van der Waals surface area contributed by atoms with E-state index in [1.165, 1.54) is 4.90 Å². The average molecular weight is 318 g/mol. The van der Waals surface area contributed by atoms with E-state index in [9.17, 15) is 18.4 Å². The Morgan fingerprint density at radius 3 is 2.50 bits per heavy atom. The Labute approximate surface area is 129 Å². The Hall–Kier alpha value is -1.40. The van der Waals surface area contributed by atoms with Gasteiger partial charge in [-0.25, -0.2) is 13.6 Å². The molecule has 0 aromatic heterocycles. The molecule has 1 saturated heterocycles. The zero-order valence-corrected chi connectivity index (χ0v) is 12.9. The lowest BCUT2D eigenvalue weighted by atomic mass is 9.87. The molecule has 0 aromatic rings. The van der Waals surface area contributed by atoms with Crippen molar-refractivity contribution < 1.29 is 23.5 Å². The third kappa shape index (κ3) is 4.55. The summed E-state index contributed by atoms with van der Waals surface area (Å²) in [5.74, 6) is -3.73. The number of nitrogens with zero attached hydrogens (tertiary/aromatic N) is 1. The molecular formula is C15H24F2N2O3. The number of carbonyl (C=O) groups excluding carboxylic acids is 1. The maximum Gasteiger partial charge on any atom is 0.317 e. The van der Waals surface area contributed by atoms with Gasteiger partial charge in [-0.2, -0.15) is 0 Å². The van der Waals surface area contributed by atoms with Crippen molar-refractivity contribution in [3.05, 3.63) is 0 Å². The summed E-state index contributed by atoms with van der Waals surface area (Å²) in [4.78, 5) is 24.8. The van der Waals surface area contributed by atoms with Gasteiger partial charge < -0.3 is 15.3 Å². The van der Waals surface area contributed by atoms with E-state index < -0.39 is 17.8 Å². The van der Waals surface area contributed by atoms with Crippen LogP contribution in [0.1, 0.15) is 39.0 Å². The van der Waals surface area contributed by atoms with Gasteiger partial charge in [0.05, 0.1) is 5.92 Å². The fraction of sp³-hybridized carbons (Fsp3) is 0.867. The van der Waals surface area contributed by atoms with Crippen molar-refractivity contribution in [2.24, 2.45) is 17.8 Å². The first kappa shape index (κ1) is 17.0. The van der Waals surface area contributed by atoms with Crippen LogP contribution >= 0.6 is 0 Å². The summed E-state index contributed by atoms with van der Waals surface area (Å²) >= 11 is 0. The summed E-state index contributed by atoms with van der Waals surface area (Å²) in [6, 6.07) is -0.282. The standard InChI is InChI=1S/C15H24F2N2O3/c1-10-6-12(13(20)21)9-19(8-10)14(22)18-7-11-2-4-15(16,17)5-3-11/h10-12H,2-9H2,1H3,(H,18,22)(H,20,21). The molecule has 2 atom stereocenters. The van der Waals surface area contributed by atoms with Crippen molar-refractivity contribution in [3.8, 4) is 0 Å². The first-order valence-electron chi connectivity index (χ1n) is 7.90. The maximum atomic E-state index is 13.1. The number of hydrogen-bond donors (Lipinski definition) is 2. The SMILES string of the molecule is CC1CC(C(=O)O)CN(C(=O)NCC2CCC(F)(F)CC2)C1. The highest BCUT2D eigenvalue weighted by Gasteiger charge is 2.35. The molecule has 1 heterocycles. The molecule has 0 aromatic carbocycles. The van der Waals surface area contributed by atoms with E-state index in [-0.39, 0.29) is 37.3 Å². The Balaban J connectivity index is 1.78. The van der Waals surface area contributed by atoms with E-state index >= 15 is 0 Å². The van der Waals surface area contributed by atoms with Crippen LogP contribution in [0.2, 0.25) is 0 Å². The van der Waals surface area contributed by atoms with Gasteiger partial charge in [-0.05, 0) is 31.1 Å². The number of amides is 2. The van der Waals surface area contributed by atoms with E-state index in [4.69, 9.17) is 5.11 Å². The number of nitrogens with one attached hydrogen (secondary N) is 1. The van der Waals surface area contributed by atoms with Crippen LogP contribution in [-0.4, -0.2) is 47.6 Å². The van der Waals surface area contributed by atoms with Crippen molar-refractivity contribution in [1.29, 1.82) is 0 Å². The van der Waals surface area contributed by atoms with Crippen molar-refractivity contribution in [2.45, 2.75) is 45.0 Å². The first-order chi connectivity index (χ1) is 10.3. The molecule has 0 radical (unpaired) electrons. The number of rotatable bonds is 3. The van der Waals surface area contributed by atoms with Gasteiger partial charge in [0.2, 0.25) is 5.92 Å². The van der Waals surface area contributed by atoms with Gasteiger partial charge in [0.15, 0.2) is 0 Å². The van der Waals surface area contributed by atoms with Crippen LogP contribution in [0.15, 0.2) is 0 Å². The van der Waals surface area contributed by atoms with Crippen LogP contribution in [0.5, 0.6) is 0 Å². The van der Waals surface area contributed by atoms with Gasteiger partial charge in [-0.3, -0.25) is 4.79 Å². The highest BCUT2D eigenvalue weighted by molar-refractivity contribution is 5.76. The number of likely N-dealkylation sites (tertiary alicyclic amines) is 1. The van der Waals surface area contributed by atoms with Gasteiger partial charge in [0.25, 0.3) is 0 Å². The number of urea groups is 1. The fourth-order valence-electron chi connectivity index (χ4n) is 3.34. The summed E-state index contributed by atoms with van der Waals surface area (Å²) in [5.41, 5.74) is 0. The van der Waals surface area contributed by atoms with E-state index in [1.807, 2.05) is 6.92 Å². The van der Waals surface area contributed by atoms with Gasteiger partial charge in [0, 0.05) is 32.5 Å². The Kier molecular flexibility index (Phi) is 5.24. The van der Waals surface area contributed by atoms with Crippen molar-refractivity contribution in [3.63, 3.8) is 0 Å². The van der Waals surface area contributed by atoms with Crippen LogP contribution < -0.4 is 5.32 Å². The second kappa shape index (κ2) is 6.79. The second-order valence-electron chi connectivity index (χ2n) is 6.77. The molecule has 2 N–H and O–H groups in total. The largest absolute Gasteiger partial charge is 0.481 e. The Morgan fingerprint density at radius 1 is 1.27 bits per heavy atom. The quantitative estimate of drug-likeness (QED) is 0.840. The van der Waals surface area contributed by atoms with Gasteiger partial charge in [-0.1, -0.05) is 6.92 Å². The number of alkyl halides is 2. The Morgan fingerprint density at radius 2 is 1.91 bits per heavy atom. The van der Waals surface area contributed by atoms with E-state index in [0.717, 1.165) is 0 Å². The third-order valence-electron chi connectivity index (χ3n) is 4.67. The molecule has 2 amide bonds. The zero-order chi connectivity index (χ0) is 16.3.